The summed E-state index contributed by atoms with van der Waals surface area (Å²) < 4.78 is 0. The van der Waals surface area contributed by atoms with E-state index in [1.807, 2.05) is 29.5 Å². The molecule has 8 heteroatoms. The zero-order chi connectivity index (χ0) is 22.6. The first-order valence-corrected chi connectivity index (χ1v) is 12.7. The van der Waals surface area contributed by atoms with Crippen molar-refractivity contribution in [1.82, 2.24) is 19.8 Å². The van der Waals surface area contributed by atoms with Crippen LogP contribution in [0.25, 0.3) is 10.4 Å². The molecule has 3 aromatic rings. The maximum atomic E-state index is 13.1. The SMILES string of the molecule is O=C(C1CCN(c2cnccn2)CC1)N1CCN(Cc2ccc(-c3cccc(Cl)c3)s2)CC1. The second-order valence-corrected chi connectivity index (χ2v) is 10.3. The largest absolute Gasteiger partial charge is 0.355 e. The van der Waals surface area contributed by atoms with Gasteiger partial charge < -0.3 is 9.80 Å². The second kappa shape index (κ2) is 10.2. The Hall–Kier alpha value is -2.48. The van der Waals surface area contributed by atoms with Gasteiger partial charge >= 0.3 is 0 Å². The van der Waals surface area contributed by atoms with Crippen molar-refractivity contribution in [2.75, 3.05) is 44.2 Å². The number of aromatic nitrogens is 2. The van der Waals surface area contributed by atoms with Crippen LogP contribution in [0, 0.1) is 5.92 Å². The molecular weight excluding hydrogens is 454 g/mol. The third kappa shape index (κ3) is 5.37. The minimum Gasteiger partial charge on any atom is -0.355 e. The summed E-state index contributed by atoms with van der Waals surface area (Å²) in [5, 5.41) is 0.766. The van der Waals surface area contributed by atoms with Crippen molar-refractivity contribution < 1.29 is 4.79 Å². The van der Waals surface area contributed by atoms with Gasteiger partial charge in [-0.3, -0.25) is 14.7 Å². The number of amides is 1. The van der Waals surface area contributed by atoms with Gasteiger partial charge in [0, 0.05) is 78.9 Å². The lowest BCUT2D eigenvalue weighted by Crippen LogP contribution is -2.51. The van der Waals surface area contributed by atoms with Gasteiger partial charge in [0.2, 0.25) is 5.91 Å². The van der Waals surface area contributed by atoms with Crippen LogP contribution < -0.4 is 4.90 Å². The number of rotatable bonds is 5. The van der Waals surface area contributed by atoms with Crippen LogP contribution in [0.15, 0.2) is 55.0 Å². The molecule has 0 saturated carbocycles. The first-order valence-electron chi connectivity index (χ1n) is 11.5. The van der Waals surface area contributed by atoms with Crippen LogP contribution in [0.2, 0.25) is 5.02 Å². The molecular formula is C25H28ClN5OS. The third-order valence-electron chi connectivity index (χ3n) is 6.55. The third-order valence-corrected chi connectivity index (χ3v) is 7.91. The number of hydrogen-bond donors (Lipinski definition) is 0. The average Bonchev–Trinajstić information content (AvgIpc) is 3.33. The number of piperidine rings is 1. The van der Waals surface area contributed by atoms with Gasteiger partial charge in [-0.05, 0) is 42.7 Å². The lowest BCUT2D eigenvalue weighted by atomic mass is 9.95. The predicted octanol–water partition coefficient (Wildman–Crippen LogP) is 4.42. The monoisotopic (exact) mass is 481 g/mol. The molecule has 1 amide bonds. The molecule has 2 fully saturated rings. The first-order chi connectivity index (χ1) is 16.2. The number of carbonyl (C=O) groups excluding carboxylic acids is 1. The zero-order valence-corrected chi connectivity index (χ0v) is 20.1. The van der Waals surface area contributed by atoms with Crippen molar-refractivity contribution in [3.63, 3.8) is 0 Å². The van der Waals surface area contributed by atoms with Crippen LogP contribution in [0.1, 0.15) is 17.7 Å². The van der Waals surface area contributed by atoms with Crippen molar-refractivity contribution in [3.8, 4) is 10.4 Å². The minimum atomic E-state index is 0.127. The summed E-state index contributed by atoms with van der Waals surface area (Å²) in [6.07, 6.45) is 6.98. The number of carbonyl (C=O) groups is 1. The highest BCUT2D eigenvalue weighted by Gasteiger charge is 2.30. The summed E-state index contributed by atoms with van der Waals surface area (Å²) in [6.45, 7) is 6.14. The minimum absolute atomic E-state index is 0.127. The molecule has 4 heterocycles. The quantitative estimate of drug-likeness (QED) is 0.540. The number of piperazine rings is 1. The van der Waals surface area contributed by atoms with Gasteiger partial charge in [-0.2, -0.15) is 0 Å². The average molecular weight is 482 g/mol. The first kappa shape index (κ1) is 22.3. The summed E-state index contributed by atoms with van der Waals surface area (Å²) in [5.41, 5.74) is 1.17. The van der Waals surface area contributed by atoms with Crippen molar-refractivity contribution >= 4 is 34.7 Å². The lowest BCUT2D eigenvalue weighted by molar-refractivity contribution is -0.138. The van der Waals surface area contributed by atoms with Crippen molar-refractivity contribution in [3.05, 3.63) is 64.9 Å². The molecule has 0 radical (unpaired) electrons. The molecule has 33 heavy (non-hydrogen) atoms. The summed E-state index contributed by atoms with van der Waals surface area (Å²) >= 11 is 7.97. The fraction of sp³-hybridized carbons (Fsp3) is 0.400. The molecule has 0 bridgehead atoms. The van der Waals surface area contributed by atoms with E-state index in [1.165, 1.54) is 15.3 Å². The number of halogens is 1. The van der Waals surface area contributed by atoms with Gasteiger partial charge in [0.05, 0.1) is 6.20 Å². The highest BCUT2D eigenvalue weighted by molar-refractivity contribution is 7.15. The molecule has 1 aromatic carbocycles. The summed E-state index contributed by atoms with van der Waals surface area (Å²) in [4.78, 5) is 31.0. The molecule has 6 nitrogen and oxygen atoms in total. The van der Waals surface area contributed by atoms with Gasteiger partial charge in [0.15, 0.2) is 0 Å². The smallest absolute Gasteiger partial charge is 0.225 e. The summed E-state index contributed by atoms with van der Waals surface area (Å²) in [5.74, 6) is 1.36. The molecule has 2 aliphatic rings. The van der Waals surface area contributed by atoms with E-state index in [0.717, 1.165) is 69.5 Å². The van der Waals surface area contributed by atoms with Gasteiger partial charge in [0.25, 0.3) is 0 Å². The summed E-state index contributed by atoms with van der Waals surface area (Å²) in [6, 6.07) is 12.4. The number of thiophene rings is 1. The van der Waals surface area contributed by atoms with Crippen molar-refractivity contribution in [2.45, 2.75) is 19.4 Å². The zero-order valence-electron chi connectivity index (χ0n) is 18.6. The van der Waals surface area contributed by atoms with E-state index in [1.54, 1.807) is 18.6 Å². The van der Waals surface area contributed by atoms with E-state index in [9.17, 15) is 4.79 Å². The van der Waals surface area contributed by atoms with Gasteiger partial charge in [-0.1, -0.05) is 23.7 Å². The molecule has 0 N–H and O–H groups in total. The van der Waals surface area contributed by atoms with Gasteiger partial charge in [-0.25, -0.2) is 4.98 Å². The molecule has 5 rings (SSSR count). The van der Waals surface area contributed by atoms with Gasteiger partial charge in [-0.15, -0.1) is 11.3 Å². The lowest BCUT2D eigenvalue weighted by Gasteiger charge is -2.38. The molecule has 0 spiro atoms. The van der Waals surface area contributed by atoms with E-state index in [0.29, 0.717) is 5.91 Å². The fourth-order valence-electron chi connectivity index (χ4n) is 4.67. The van der Waals surface area contributed by atoms with Crippen molar-refractivity contribution in [1.29, 1.82) is 0 Å². The number of anilines is 1. The fourth-order valence-corrected chi connectivity index (χ4v) is 5.91. The van der Waals surface area contributed by atoms with Crippen LogP contribution in [0.3, 0.4) is 0 Å². The maximum Gasteiger partial charge on any atom is 0.225 e. The van der Waals surface area contributed by atoms with Crippen LogP contribution in [0.4, 0.5) is 5.82 Å². The standard InChI is InChI=1S/C25H28ClN5OS/c26-21-3-1-2-20(16-21)23-5-4-22(33-23)18-29-12-14-31(15-13-29)25(32)19-6-10-30(11-7-19)24-17-27-8-9-28-24/h1-5,8-9,16-17,19H,6-7,10-15,18H2. The maximum absolute atomic E-state index is 13.1. The summed E-state index contributed by atoms with van der Waals surface area (Å²) in [7, 11) is 0. The van der Waals surface area contributed by atoms with Crippen molar-refractivity contribution in [2.24, 2.45) is 5.92 Å². The van der Waals surface area contributed by atoms with Crippen LogP contribution >= 0.6 is 22.9 Å². The van der Waals surface area contributed by atoms with Crippen LogP contribution in [0.5, 0.6) is 0 Å². The van der Waals surface area contributed by atoms with Gasteiger partial charge in [0.1, 0.15) is 5.82 Å². The van der Waals surface area contributed by atoms with E-state index in [-0.39, 0.29) is 5.92 Å². The number of benzene rings is 1. The molecule has 2 saturated heterocycles. The highest BCUT2D eigenvalue weighted by atomic mass is 35.5. The molecule has 0 unspecified atom stereocenters. The Bertz CT molecular complexity index is 1080. The highest BCUT2D eigenvalue weighted by Crippen LogP contribution is 2.31. The number of nitrogens with zero attached hydrogens (tertiary/aromatic N) is 5. The normalized spacial score (nSPS) is 18.0. The Morgan fingerprint density at radius 2 is 1.85 bits per heavy atom. The Balaban J connectivity index is 1.09. The predicted molar refractivity (Wildman–Crippen MR) is 134 cm³/mol. The number of hydrogen-bond acceptors (Lipinski definition) is 6. The Labute approximate surface area is 203 Å². The van der Waals surface area contributed by atoms with E-state index >= 15 is 0 Å². The van der Waals surface area contributed by atoms with E-state index in [4.69, 9.17) is 11.6 Å². The van der Waals surface area contributed by atoms with Crippen LogP contribution in [-0.4, -0.2) is 64.9 Å². The molecule has 0 aliphatic carbocycles. The second-order valence-electron chi connectivity index (χ2n) is 8.70. The van der Waals surface area contributed by atoms with E-state index < -0.39 is 0 Å². The van der Waals surface area contributed by atoms with E-state index in [2.05, 4.69) is 42.9 Å². The Morgan fingerprint density at radius 3 is 2.58 bits per heavy atom. The topological polar surface area (TPSA) is 52.6 Å². The molecule has 172 valence electrons. The Morgan fingerprint density at radius 1 is 1.03 bits per heavy atom. The Kier molecular flexibility index (Phi) is 6.90. The molecule has 2 aliphatic heterocycles. The molecule has 2 aromatic heterocycles. The van der Waals surface area contributed by atoms with Crippen LogP contribution in [-0.2, 0) is 11.3 Å². The molecule has 0 atom stereocenters.